The highest BCUT2D eigenvalue weighted by molar-refractivity contribution is 6.31. The molecule has 0 bridgehead atoms. The van der Waals surface area contributed by atoms with E-state index in [1.54, 1.807) is 24.3 Å². The number of amides is 1. The molecule has 0 fully saturated rings. The number of carbonyl (C=O) groups is 1. The second-order valence-corrected chi connectivity index (χ2v) is 5.18. The summed E-state index contributed by atoms with van der Waals surface area (Å²) in [6, 6.07) is 6.69. The van der Waals surface area contributed by atoms with Crippen LogP contribution >= 0.6 is 35.8 Å². The van der Waals surface area contributed by atoms with Gasteiger partial charge in [0.15, 0.2) is 0 Å². The van der Waals surface area contributed by atoms with Crippen molar-refractivity contribution in [3.63, 3.8) is 0 Å². The van der Waals surface area contributed by atoms with Crippen molar-refractivity contribution in [1.29, 1.82) is 0 Å². The van der Waals surface area contributed by atoms with Gasteiger partial charge in [0.25, 0.3) is 5.91 Å². The number of halogens is 3. The summed E-state index contributed by atoms with van der Waals surface area (Å²) in [6.07, 6.45) is 0. The minimum Gasteiger partial charge on any atom is -0.270 e. The molecule has 0 atom stereocenters. The van der Waals surface area contributed by atoms with Crippen molar-refractivity contribution in [2.75, 3.05) is 0 Å². The van der Waals surface area contributed by atoms with Gasteiger partial charge in [-0.25, -0.2) is 0 Å². The second kappa shape index (κ2) is 6.45. The van der Waals surface area contributed by atoms with Crippen LogP contribution < -0.4 is 5.43 Å². The van der Waals surface area contributed by atoms with E-state index < -0.39 is 0 Å². The Morgan fingerprint density at radius 2 is 1.94 bits per heavy atom. The molecule has 1 amide bonds. The largest absolute Gasteiger partial charge is 0.270 e. The van der Waals surface area contributed by atoms with Crippen molar-refractivity contribution in [2.45, 2.75) is 26.3 Å². The molecule has 6 heteroatoms. The van der Waals surface area contributed by atoms with Crippen molar-refractivity contribution in [1.82, 2.24) is 9.95 Å². The van der Waals surface area contributed by atoms with Crippen molar-refractivity contribution in [3.8, 4) is 0 Å². The molecule has 96 valence electrons. The van der Waals surface area contributed by atoms with Gasteiger partial charge >= 0.3 is 0 Å². The predicted molar refractivity (Wildman–Crippen MR) is 73.6 cm³/mol. The van der Waals surface area contributed by atoms with Crippen LogP contribution in [0.4, 0.5) is 0 Å². The first-order valence-electron chi connectivity index (χ1n) is 4.83. The number of nitrogens with zero attached hydrogens (tertiary/aromatic N) is 1. The SMILES string of the molecule is CC(C)(C)N(Cl)NC(=O)c1cccc(Cl)c1.Cl. The molecule has 0 aliphatic rings. The van der Waals surface area contributed by atoms with Crippen LogP contribution in [0.5, 0.6) is 0 Å². The molecule has 0 saturated carbocycles. The summed E-state index contributed by atoms with van der Waals surface area (Å²) >= 11 is 11.7. The maximum absolute atomic E-state index is 11.8. The van der Waals surface area contributed by atoms with Crippen LogP contribution in [0.3, 0.4) is 0 Å². The summed E-state index contributed by atoms with van der Waals surface area (Å²) in [5, 5.41) is 0.518. The summed E-state index contributed by atoms with van der Waals surface area (Å²) in [5.74, 6) is -0.285. The minimum atomic E-state index is -0.351. The van der Waals surface area contributed by atoms with E-state index in [0.29, 0.717) is 10.6 Å². The number of rotatable bonds is 2. The van der Waals surface area contributed by atoms with Gasteiger partial charge in [0.1, 0.15) is 0 Å². The van der Waals surface area contributed by atoms with Crippen LogP contribution in [0.15, 0.2) is 24.3 Å². The fourth-order valence-electron chi connectivity index (χ4n) is 0.951. The third-order valence-corrected chi connectivity index (χ3v) is 2.70. The van der Waals surface area contributed by atoms with Gasteiger partial charge in [-0.1, -0.05) is 17.7 Å². The highest BCUT2D eigenvalue weighted by Gasteiger charge is 2.21. The van der Waals surface area contributed by atoms with E-state index in [1.165, 1.54) is 4.53 Å². The zero-order valence-corrected chi connectivity index (χ0v) is 12.2. The lowest BCUT2D eigenvalue weighted by Crippen LogP contribution is -2.46. The Hall–Kier alpha value is -0.480. The van der Waals surface area contributed by atoms with E-state index in [-0.39, 0.29) is 23.9 Å². The number of hydrazine groups is 1. The molecular weight excluding hydrogens is 282 g/mol. The Balaban J connectivity index is 0.00000256. The van der Waals surface area contributed by atoms with Crippen LogP contribution in [0.25, 0.3) is 0 Å². The van der Waals surface area contributed by atoms with E-state index in [4.69, 9.17) is 23.4 Å². The molecule has 0 saturated heterocycles. The lowest BCUT2D eigenvalue weighted by Gasteiger charge is -2.28. The standard InChI is InChI=1S/C11H14Cl2N2O.ClH/c1-11(2,3)15(13)14-10(16)8-5-4-6-9(12)7-8;/h4-7H,1-3H3,(H,14,16);1H. The number of nitrogens with one attached hydrogen (secondary N) is 1. The molecule has 1 aromatic carbocycles. The van der Waals surface area contributed by atoms with Crippen LogP contribution in [0.1, 0.15) is 31.1 Å². The fourth-order valence-corrected chi connectivity index (χ4v) is 1.22. The molecule has 0 aromatic heterocycles. The van der Waals surface area contributed by atoms with Gasteiger partial charge < -0.3 is 0 Å². The number of benzene rings is 1. The normalized spacial score (nSPS) is 10.9. The molecule has 17 heavy (non-hydrogen) atoms. The van der Waals surface area contributed by atoms with Crippen molar-refractivity contribution in [2.24, 2.45) is 0 Å². The molecule has 0 unspecified atom stereocenters. The molecule has 0 aliphatic carbocycles. The maximum atomic E-state index is 11.8. The average Bonchev–Trinajstić information content (AvgIpc) is 2.16. The van der Waals surface area contributed by atoms with Gasteiger partial charge in [0.2, 0.25) is 0 Å². The van der Waals surface area contributed by atoms with Crippen molar-refractivity contribution in [3.05, 3.63) is 34.9 Å². The van der Waals surface area contributed by atoms with E-state index >= 15 is 0 Å². The Bertz CT molecular complexity index is 391. The smallest absolute Gasteiger partial charge is 0.266 e. The van der Waals surface area contributed by atoms with Gasteiger partial charge in [-0.05, 0) is 39.0 Å². The lowest BCUT2D eigenvalue weighted by atomic mass is 10.1. The first-order valence-corrected chi connectivity index (χ1v) is 5.55. The number of hydrogen-bond donors (Lipinski definition) is 1. The van der Waals surface area contributed by atoms with E-state index in [1.807, 2.05) is 20.8 Å². The molecule has 0 aliphatic heterocycles. The minimum absolute atomic E-state index is 0. The molecule has 3 nitrogen and oxygen atoms in total. The highest BCUT2D eigenvalue weighted by Crippen LogP contribution is 2.15. The third-order valence-electron chi connectivity index (χ3n) is 1.88. The lowest BCUT2D eigenvalue weighted by molar-refractivity contribution is 0.0806. The highest BCUT2D eigenvalue weighted by atomic mass is 35.5. The summed E-state index contributed by atoms with van der Waals surface area (Å²) in [5.41, 5.74) is 2.69. The van der Waals surface area contributed by atoms with E-state index in [9.17, 15) is 4.79 Å². The van der Waals surface area contributed by atoms with Gasteiger partial charge in [-0.15, -0.1) is 16.9 Å². The van der Waals surface area contributed by atoms with Crippen LogP contribution in [-0.2, 0) is 0 Å². The average molecular weight is 298 g/mol. The van der Waals surface area contributed by atoms with E-state index in [0.717, 1.165) is 0 Å². The molecule has 1 N–H and O–H groups in total. The zero-order chi connectivity index (χ0) is 12.3. The van der Waals surface area contributed by atoms with Crippen LogP contribution in [0.2, 0.25) is 5.02 Å². The Kier molecular flexibility index (Phi) is 6.27. The number of carbonyl (C=O) groups excluding carboxylic acids is 1. The predicted octanol–water partition coefficient (Wildman–Crippen LogP) is 3.66. The summed E-state index contributed by atoms with van der Waals surface area (Å²) < 4.78 is 1.25. The molecule has 1 rings (SSSR count). The quantitative estimate of drug-likeness (QED) is 0.667. The maximum Gasteiger partial charge on any atom is 0.266 e. The molecule has 0 radical (unpaired) electrons. The molecule has 1 aromatic rings. The van der Waals surface area contributed by atoms with Crippen molar-refractivity contribution >= 4 is 41.7 Å². The summed E-state index contributed by atoms with van der Waals surface area (Å²) in [6.45, 7) is 5.66. The number of hydrogen-bond acceptors (Lipinski definition) is 2. The molecular formula is C11H15Cl3N2O. The van der Waals surface area contributed by atoms with Crippen LogP contribution in [0, 0.1) is 0 Å². The monoisotopic (exact) mass is 296 g/mol. The fraction of sp³-hybridized carbons (Fsp3) is 0.364. The van der Waals surface area contributed by atoms with E-state index in [2.05, 4.69) is 5.43 Å². The Morgan fingerprint density at radius 3 is 2.41 bits per heavy atom. The zero-order valence-electron chi connectivity index (χ0n) is 9.83. The first-order chi connectivity index (χ1) is 7.30. The van der Waals surface area contributed by atoms with Crippen LogP contribution in [-0.4, -0.2) is 16.0 Å². The Labute approximate surface area is 118 Å². The Morgan fingerprint density at radius 1 is 1.35 bits per heavy atom. The molecule has 0 spiro atoms. The van der Waals surface area contributed by atoms with Gasteiger partial charge in [0, 0.05) is 27.9 Å². The topological polar surface area (TPSA) is 32.3 Å². The second-order valence-electron chi connectivity index (χ2n) is 4.40. The van der Waals surface area contributed by atoms with Gasteiger partial charge in [-0.3, -0.25) is 10.2 Å². The van der Waals surface area contributed by atoms with Gasteiger partial charge in [0.05, 0.1) is 0 Å². The van der Waals surface area contributed by atoms with Gasteiger partial charge in [-0.2, -0.15) is 0 Å². The molecule has 0 heterocycles. The summed E-state index contributed by atoms with van der Waals surface area (Å²) in [7, 11) is 0. The summed E-state index contributed by atoms with van der Waals surface area (Å²) in [4.78, 5) is 11.8. The van der Waals surface area contributed by atoms with Crippen molar-refractivity contribution < 1.29 is 4.79 Å². The first kappa shape index (κ1) is 16.5. The third kappa shape index (κ3) is 5.13.